The van der Waals surface area contributed by atoms with Gasteiger partial charge >= 0.3 is 6.36 Å². The van der Waals surface area contributed by atoms with Crippen LogP contribution in [-0.4, -0.2) is 62.9 Å². The SMILES string of the molecule is COc1ccc2c3c1O[C@@H]1C34CCN(CC3CC3)[C@H](C2)C42CC[C@@]1(OC)[C@@H](COCc1cccc(OC(F)(F)F)c1)C2. The van der Waals surface area contributed by atoms with Gasteiger partial charge in [0.2, 0.25) is 0 Å². The maximum absolute atomic E-state index is 12.8. The molecule has 0 N–H and O–H groups in total. The third-order valence-corrected chi connectivity index (χ3v) is 11.7. The number of benzene rings is 2. The largest absolute Gasteiger partial charge is 0.573 e. The van der Waals surface area contributed by atoms with E-state index in [1.54, 1.807) is 19.2 Å². The standard InChI is InChI=1S/C33H38F3NO5/c1-38-25-9-8-22-15-26-30-10-11-32(39-2,23(16-30)19-40-18-21-4-3-5-24(14-21)42-33(34,35)36)29-31(30,27(22)28(25)41-29)12-13-37(26)17-20-6-7-20/h3-5,8-9,14,20,23,26,29H,6-7,10-13,15-19H2,1-2H3/t23-,26-,29-,30?,31?,32-/m1/s1. The van der Waals surface area contributed by atoms with E-state index in [9.17, 15) is 13.2 Å². The minimum atomic E-state index is -4.73. The first-order valence-electron chi connectivity index (χ1n) is 15.3. The molecule has 2 aromatic rings. The number of alkyl halides is 3. The fourth-order valence-electron chi connectivity index (χ4n) is 10.0. The molecule has 226 valence electrons. The Labute approximate surface area is 244 Å². The van der Waals surface area contributed by atoms with Crippen LogP contribution >= 0.6 is 0 Å². The molecule has 0 aromatic heterocycles. The van der Waals surface area contributed by atoms with E-state index in [1.807, 2.05) is 7.11 Å². The summed E-state index contributed by atoms with van der Waals surface area (Å²) in [5, 5.41) is 0. The highest BCUT2D eigenvalue weighted by Gasteiger charge is 2.80. The van der Waals surface area contributed by atoms with Crippen LogP contribution in [0, 0.1) is 17.3 Å². The van der Waals surface area contributed by atoms with Crippen LogP contribution in [0.5, 0.6) is 17.2 Å². The van der Waals surface area contributed by atoms with Gasteiger partial charge in [-0.25, -0.2) is 0 Å². The summed E-state index contributed by atoms with van der Waals surface area (Å²) in [6, 6.07) is 10.8. The van der Waals surface area contributed by atoms with Crippen molar-refractivity contribution >= 4 is 0 Å². The molecule has 2 spiro atoms. The fourth-order valence-corrected chi connectivity index (χ4v) is 10.0. The molecule has 9 rings (SSSR count). The summed E-state index contributed by atoms with van der Waals surface area (Å²) in [5.41, 5.74) is 2.81. The van der Waals surface area contributed by atoms with Gasteiger partial charge in [0.15, 0.2) is 11.5 Å². The molecule has 2 heterocycles. The van der Waals surface area contributed by atoms with E-state index in [0.29, 0.717) is 18.2 Å². The predicted molar refractivity (Wildman–Crippen MR) is 148 cm³/mol. The zero-order valence-corrected chi connectivity index (χ0v) is 24.2. The van der Waals surface area contributed by atoms with Gasteiger partial charge in [0.05, 0.1) is 20.3 Å². The first kappa shape index (κ1) is 27.1. The lowest BCUT2D eigenvalue weighted by molar-refractivity contribution is -0.283. The number of ether oxygens (including phenoxy) is 5. The van der Waals surface area contributed by atoms with Crippen LogP contribution < -0.4 is 14.2 Å². The van der Waals surface area contributed by atoms with E-state index >= 15 is 0 Å². The normalized spacial score (nSPS) is 36.0. The van der Waals surface area contributed by atoms with Crippen molar-refractivity contribution in [3.63, 3.8) is 0 Å². The highest BCUT2D eigenvalue weighted by molar-refractivity contribution is 5.63. The van der Waals surface area contributed by atoms with E-state index < -0.39 is 12.0 Å². The number of halogens is 3. The summed E-state index contributed by atoms with van der Waals surface area (Å²) in [5.74, 6) is 2.38. The van der Waals surface area contributed by atoms with Crippen molar-refractivity contribution in [3.05, 3.63) is 53.1 Å². The van der Waals surface area contributed by atoms with Gasteiger partial charge in [-0.2, -0.15) is 0 Å². The van der Waals surface area contributed by atoms with Gasteiger partial charge in [0.25, 0.3) is 0 Å². The van der Waals surface area contributed by atoms with Crippen LogP contribution in [0.15, 0.2) is 36.4 Å². The Bertz CT molecular complexity index is 1400. The maximum atomic E-state index is 12.8. The molecule has 42 heavy (non-hydrogen) atoms. The summed E-state index contributed by atoms with van der Waals surface area (Å²) >= 11 is 0. The monoisotopic (exact) mass is 585 g/mol. The molecule has 1 saturated heterocycles. The molecular formula is C33H38F3NO5. The number of fused-ring (bicyclic) bond motifs is 2. The van der Waals surface area contributed by atoms with Gasteiger partial charge in [-0.15, -0.1) is 13.2 Å². The molecular weight excluding hydrogens is 547 g/mol. The summed E-state index contributed by atoms with van der Waals surface area (Å²) in [6.07, 6.45) is 2.87. The van der Waals surface area contributed by atoms with E-state index in [1.165, 1.54) is 42.6 Å². The summed E-state index contributed by atoms with van der Waals surface area (Å²) < 4.78 is 68.2. The highest BCUT2D eigenvalue weighted by Crippen LogP contribution is 2.76. The minimum absolute atomic E-state index is 0.0458. The second-order valence-electron chi connectivity index (χ2n) is 13.4. The molecule has 6 nitrogen and oxygen atoms in total. The number of likely N-dealkylation sites (tertiary alicyclic amines) is 1. The van der Waals surface area contributed by atoms with E-state index in [0.717, 1.165) is 56.1 Å². The molecule has 6 atom stereocenters. The van der Waals surface area contributed by atoms with Crippen molar-refractivity contribution < 1.29 is 36.9 Å². The molecule has 2 aromatic carbocycles. The number of hydrogen-bond donors (Lipinski definition) is 0. The molecule has 9 heteroatoms. The zero-order chi connectivity index (χ0) is 28.9. The number of hydrogen-bond acceptors (Lipinski definition) is 6. The van der Waals surface area contributed by atoms with E-state index in [-0.39, 0.29) is 35.2 Å². The van der Waals surface area contributed by atoms with Crippen molar-refractivity contribution in [3.8, 4) is 17.2 Å². The molecule has 5 fully saturated rings. The third-order valence-electron chi connectivity index (χ3n) is 11.7. The summed E-state index contributed by atoms with van der Waals surface area (Å²) in [4.78, 5) is 2.81. The molecule has 2 aliphatic heterocycles. The number of nitrogens with zero attached hydrogens (tertiary/aromatic N) is 1. The van der Waals surface area contributed by atoms with Crippen LogP contribution in [-0.2, 0) is 27.9 Å². The quantitative estimate of drug-likeness (QED) is 0.358. The van der Waals surface area contributed by atoms with Crippen molar-refractivity contribution in [1.82, 2.24) is 4.90 Å². The zero-order valence-electron chi connectivity index (χ0n) is 24.2. The van der Waals surface area contributed by atoms with Gasteiger partial charge in [-0.05, 0) is 86.7 Å². The van der Waals surface area contributed by atoms with Gasteiger partial charge in [-0.3, -0.25) is 4.90 Å². The molecule has 5 aliphatic carbocycles. The predicted octanol–water partition coefficient (Wildman–Crippen LogP) is 6.04. The van der Waals surface area contributed by atoms with Gasteiger partial charge in [0.1, 0.15) is 17.5 Å². The molecule has 0 radical (unpaired) electrons. The number of methoxy groups -OCH3 is 2. The lowest BCUT2D eigenvalue weighted by atomic mass is 9.35. The Balaban J connectivity index is 1.13. The van der Waals surface area contributed by atoms with E-state index in [2.05, 4.69) is 21.8 Å². The second kappa shape index (κ2) is 9.26. The molecule has 7 aliphatic rings. The summed E-state index contributed by atoms with van der Waals surface area (Å²) in [7, 11) is 3.53. The molecule has 4 bridgehead atoms. The molecule has 4 saturated carbocycles. The molecule has 0 amide bonds. The second-order valence-corrected chi connectivity index (χ2v) is 13.4. The van der Waals surface area contributed by atoms with Crippen molar-refractivity contribution in [2.24, 2.45) is 17.3 Å². The first-order valence-corrected chi connectivity index (χ1v) is 15.3. The topological polar surface area (TPSA) is 49.4 Å². The lowest BCUT2D eigenvalue weighted by Crippen LogP contribution is -2.81. The van der Waals surface area contributed by atoms with Crippen molar-refractivity contribution in [2.45, 2.75) is 81.1 Å². The number of rotatable bonds is 9. The van der Waals surface area contributed by atoms with Crippen LogP contribution in [0.4, 0.5) is 13.2 Å². The highest BCUT2D eigenvalue weighted by atomic mass is 19.4. The number of piperidine rings is 1. The Kier molecular flexibility index (Phi) is 5.97. The minimum Gasteiger partial charge on any atom is -0.493 e. The van der Waals surface area contributed by atoms with Crippen LogP contribution in [0.3, 0.4) is 0 Å². The Morgan fingerprint density at radius 2 is 1.93 bits per heavy atom. The van der Waals surface area contributed by atoms with Gasteiger partial charge in [0, 0.05) is 42.0 Å². The maximum Gasteiger partial charge on any atom is 0.573 e. The van der Waals surface area contributed by atoms with Gasteiger partial charge < -0.3 is 23.7 Å². The van der Waals surface area contributed by atoms with Crippen molar-refractivity contribution in [2.75, 3.05) is 33.9 Å². The fraction of sp³-hybridized carbons (Fsp3) is 0.636. The Morgan fingerprint density at radius 3 is 2.69 bits per heavy atom. The van der Waals surface area contributed by atoms with Crippen molar-refractivity contribution in [1.29, 1.82) is 0 Å². The van der Waals surface area contributed by atoms with Gasteiger partial charge in [-0.1, -0.05) is 18.2 Å². The van der Waals surface area contributed by atoms with Crippen LogP contribution in [0.1, 0.15) is 55.2 Å². The first-order chi connectivity index (χ1) is 20.2. The van der Waals surface area contributed by atoms with E-state index in [4.69, 9.17) is 18.9 Å². The van der Waals surface area contributed by atoms with Crippen LogP contribution in [0.2, 0.25) is 0 Å². The Morgan fingerprint density at radius 1 is 1.07 bits per heavy atom. The smallest absolute Gasteiger partial charge is 0.493 e. The van der Waals surface area contributed by atoms with Crippen LogP contribution in [0.25, 0.3) is 0 Å². The average molecular weight is 586 g/mol. The molecule has 2 unspecified atom stereocenters. The third kappa shape index (κ3) is 3.68. The average Bonchev–Trinajstić information content (AvgIpc) is 3.71. The lowest BCUT2D eigenvalue weighted by Gasteiger charge is -2.74. The summed E-state index contributed by atoms with van der Waals surface area (Å²) in [6.45, 7) is 2.91. The Hall–Kier alpha value is -2.49.